The van der Waals surface area contributed by atoms with Crippen molar-refractivity contribution in [3.05, 3.63) is 87.4 Å². The Labute approximate surface area is 207 Å². The number of hydrogen-bond donors (Lipinski definition) is 1. The monoisotopic (exact) mass is 493 g/mol. The van der Waals surface area contributed by atoms with Crippen molar-refractivity contribution in [3.8, 4) is 28.7 Å². The maximum atomic E-state index is 13.2. The minimum absolute atomic E-state index is 0.0248. The zero-order chi connectivity index (χ0) is 25.2. The Morgan fingerprint density at radius 1 is 1.09 bits per heavy atom. The predicted octanol–water partition coefficient (Wildman–Crippen LogP) is 3.86. The van der Waals surface area contributed by atoms with E-state index in [9.17, 15) is 9.90 Å². The first-order valence-electron chi connectivity index (χ1n) is 10.8. The number of methoxy groups -OCH3 is 1. The number of aryl methyl sites for hydroxylation is 1. The van der Waals surface area contributed by atoms with Gasteiger partial charge in [-0.05, 0) is 45.0 Å². The Morgan fingerprint density at radius 2 is 1.86 bits per heavy atom. The van der Waals surface area contributed by atoms with E-state index < -0.39 is 11.2 Å². The summed E-state index contributed by atoms with van der Waals surface area (Å²) < 4.78 is 12.2. The third-order valence-electron chi connectivity index (χ3n) is 5.12. The van der Waals surface area contributed by atoms with Crippen molar-refractivity contribution < 1.29 is 14.6 Å². The van der Waals surface area contributed by atoms with Crippen LogP contribution in [0.5, 0.6) is 11.8 Å². The number of halogens is 1. The highest BCUT2D eigenvalue weighted by Crippen LogP contribution is 2.25. The highest BCUT2D eigenvalue weighted by molar-refractivity contribution is 6.31. The Bertz CT molecular complexity index is 1430. The molecule has 1 aromatic carbocycles. The van der Waals surface area contributed by atoms with Crippen LogP contribution in [0.2, 0.25) is 5.02 Å². The average Bonchev–Trinajstić information content (AvgIpc) is 2.85. The van der Waals surface area contributed by atoms with Crippen LogP contribution in [-0.4, -0.2) is 36.7 Å². The molecule has 0 unspecified atom stereocenters. The molecule has 0 fully saturated rings. The quantitative estimate of drug-likeness (QED) is 0.413. The van der Waals surface area contributed by atoms with E-state index in [1.807, 2.05) is 6.07 Å². The summed E-state index contributed by atoms with van der Waals surface area (Å²) in [6.07, 6.45) is 1.58. The molecule has 0 aliphatic carbocycles. The zero-order valence-corrected chi connectivity index (χ0v) is 20.4. The lowest BCUT2D eigenvalue weighted by Gasteiger charge is -2.16. The van der Waals surface area contributed by atoms with Crippen molar-refractivity contribution >= 4 is 11.6 Å². The summed E-state index contributed by atoms with van der Waals surface area (Å²) in [7, 11) is 1.53. The van der Waals surface area contributed by atoms with Crippen molar-refractivity contribution in [2.45, 2.75) is 33.0 Å². The highest BCUT2D eigenvalue weighted by Gasteiger charge is 2.20. The smallest absolute Gasteiger partial charge is 0.280 e. The molecule has 9 nitrogen and oxygen atoms in total. The van der Waals surface area contributed by atoms with E-state index in [4.69, 9.17) is 21.1 Å². The van der Waals surface area contributed by atoms with Gasteiger partial charge in [0.05, 0.1) is 24.2 Å². The summed E-state index contributed by atoms with van der Waals surface area (Å²) in [5.41, 5.74) is 0.854. The van der Waals surface area contributed by atoms with Crippen LogP contribution >= 0.6 is 11.6 Å². The lowest BCUT2D eigenvalue weighted by atomic mass is 10.1. The van der Waals surface area contributed by atoms with Crippen LogP contribution in [0.15, 0.2) is 59.5 Å². The van der Waals surface area contributed by atoms with Crippen molar-refractivity contribution in [1.29, 1.82) is 0 Å². The summed E-state index contributed by atoms with van der Waals surface area (Å²) in [4.78, 5) is 30.5. The van der Waals surface area contributed by atoms with E-state index in [-0.39, 0.29) is 17.5 Å². The summed E-state index contributed by atoms with van der Waals surface area (Å²) in [6.45, 7) is 5.00. The van der Waals surface area contributed by atoms with E-state index in [1.165, 1.54) is 11.7 Å². The van der Waals surface area contributed by atoms with Gasteiger partial charge in [0.25, 0.3) is 5.56 Å². The van der Waals surface area contributed by atoms with Crippen molar-refractivity contribution in [1.82, 2.24) is 24.5 Å². The molecule has 35 heavy (non-hydrogen) atoms. The van der Waals surface area contributed by atoms with Crippen molar-refractivity contribution in [2.24, 2.45) is 0 Å². The molecule has 4 rings (SSSR count). The molecule has 0 atom stereocenters. The van der Waals surface area contributed by atoms with E-state index in [0.717, 1.165) is 5.56 Å². The first-order chi connectivity index (χ1) is 16.7. The van der Waals surface area contributed by atoms with Gasteiger partial charge in [-0.3, -0.25) is 9.36 Å². The Morgan fingerprint density at radius 3 is 2.60 bits per heavy atom. The molecule has 4 aromatic rings. The van der Waals surface area contributed by atoms with E-state index >= 15 is 0 Å². The Kier molecular flexibility index (Phi) is 6.81. The third kappa shape index (κ3) is 5.31. The number of pyridine rings is 1. The van der Waals surface area contributed by atoms with Crippen LogP contribution in [0.1, 0.15) is 31.2 Å². The van der Waals surface area contributed by atoms with E-state index in [0.29, 0.717) is 34.6 Å². The van der Waals surface area contributed by atoms with Gasteiger partial charge in [0, 0.05) is 17.8 Å². The lowest BCUT2D eigenvalue weighted by molar-refractivity contribution is 0.0688. The summed E-state index contributed by atoms with van der Waals surface area (Å²) >= 11 is 6.36. The SMILES string of the molecule is COc1cccc(COc2nc(C)n(-c3cccc(-c4ccnc(C(C)(C)O)n4)c3)c(=O)c2Cl)n1. The number of ether oxygens (including phenoxy) is 2. The van der Waals surface area contributed by atoms with Crippen LogP contribution in [0, 0.1) is 6.92 Å². The van der Waals surface area contributed by atoms with E-state index in [1.54, 1.807) is 69.4 Å². The third-order valence-corrected chi connectivity index (χ3v) is 5.44. The molecule has 180 valence electrons. The molecule has 0 bridgehead atoms. The van der Waals surface area contributed by atoms with Gasteiger partial charge in [-0.1, -0.05) is 29.8 Å². The summed E-state index contributed by atoms with van der Waals surface area (Å²) in [6, 6.07) is 14.2. The minimum atomic E-state index is -1.19. The number of nitrogens with zero attached hydrogens (tertiary/aromatic N) is 5. The second-order valence-corrected chi connectivity index (χ2v) is 8.63. The van der Waals surface area contributed by atoms with Crippen LogP contribution in [-0.2, 0) is 12.2 Å². The summed E-state index contributed by atoms with van der Waals surface area (Å²) in [5.74, 6) is 1.17. The Hall–Kier alpha value is -3.82. The fraction of sp³-hybridized carbons (Fsp3) is 0.240. The standard InChI is InChI=1S/C25H24ClN5O4/c1-15-28-22(35-14-17-8-6-10-20(29-17)34-4)21(26)23(32)31(15)18-9-5-7-16(13-18)19-11-12-27-24(30-19)25(2,3)33/h5-13,33H,14H2,1-4H3. The molecule has 10 heteroatoms. The average molecular weight is 494 g/mol. The molecular formula is C25H24ClN5O4. The van der Waals surface area contributed by atoms with E-state index in [2.05, 4.69) is 19.9 Å². The molecule has 0 radical (unpaired) electrons. The number of rotatable bonds is 7. The number of hydrogen-bond acceptors (Lipinski definition) is 8. The topological polar surface area (TPSA) is 112 Å². The summed E-state index contributed by atoms with van der Waals surface area (Å²) in [5, 5.41) is 10.1. The number of benzene rings is 1. The van der Waals surface area contributed by atoms with Gasteiger partial charge in [0.15, 0.2) is 10.8 Å². The predicted molar refractivity (Wildman–Crippen MR) is 131 cm³/mol. The molecule has 3 aromatic heterocycles. The van der Waals surface area contributed by atoms with Gasteiger partial charge in [-0.25, -0.2) is 15.0 Å². The van der Waals surface area contributed by atoms with Crippen molar-refractivity contribution in [3.63, 3.8) is 0 Å². The van der Waals surface area contributed by atoms with Gasteiger partial charge in [-0.15, -0.1) is 0 Å². The molecule has 0 saturated carbocycles. The zero-order valence-electron chi connectivity index (χ0n) is 19.7. The molecule has 0 spiro atoms. The second kappa shape index (κ2) is 9.81. The molecule has 0 aliphatic heterocycles. The first-order valence-corrected chi connectivity index (χ1v) is 11.1. The normalized spacial score (nSPS) is 11.4. The van der Waals surface area contributed by atoms with Gasteiger partial charge in [0.2, 0.25) is 11.8 Å². The second-order valence-electron chi connectivity index (χ2n) is 8.25. The lowest BCUT2D eigenvalue weighted by Crippen LogP contribution is -2.23. The molecule has 0 amide bonds. The minimum Gasteiger partial charge on any atom is -0.481 e. The number of aromatic nitrogens is 5. The van der Waals surface area contributed by atoms with Crippen LogP contribution < -0.4 is 15.0 Å². The number of aliphatic hydroxyl groups is 1. The van der Waals surface area contributed by atoms with Gasteiger partial charge in [-0.2, -0.15) is 4.98 Å². The largest absolute Gasteiger partial charge is 0.481 e. The first kappa shape index (κ1) is 24.3. The highest BCUT2D eigenvalue weighted by atomic mass is 35.5. The molecule has 1 N–H and O–H groups in total. The Balaban J connectivity index is 1.66. The maximum absolute atomic E-state index is 13.2. The molecular weight excluding hydrogens is 470 g/mol. The van der Waals surface area contributed by atoms with Gasteiger partial charge in [0.1, 0.15) is 18.0 Å². The molecule has 0 saturated heterocycles. The van der Waals surface area contributed by atoms with Crippen LogP contribution in [0.25, 0.3) is 16.9 Å². The van der Waals surface area contributed by atoms with Crippen LogP contribution in [0.3, 0.4) is 0 Å². The molecule has 3 heterocycles. The fourth-order valence-corrected chi connectivity index (χ4v) is 3.58. The maximum Gasteiger partial charge on any atom is 0.280 e. The van der Waals surface area contributed by atoms with Gasteiger partial charge >= 0.3 is 0 Å². The fourth-order valence-electron chi connectivity index (χ4n) is 3.39. The van der Waals surface area contributed by atoms with Crippen molar-refractivity contribution in [2.75, 3.05) is 7.11 Å². The molecule has 0 aliphatic rings. The van der Waals surface area contributed by atoms with Gasteiger partial charge < -0.3 is 14.6 Å². The van der Waals surface area contributed by atoms with Crippen LogP contribution in [0.4, 0.5) is 0 Å².